The summed E-state index contributed by atoms with van der Waals surface area (Å²) < 4.78 is 2.04. The van der Waals surface area contributed by atoms with E-state index in [1.54, 1.807) is 11.3 Å². The van der Waals surface area contributed by atoms with Crippen molar-refractivity contribution in [3.05, 3.63) is 59.6 Å². The van der Waals surface area contributed by atoms with Crippen molar-refractivity contribution in [2.45, 2.75) is 19.4 Å². The minimum absolute atomic E-state index is 0.512. The van der Waals surface area contributed by atoms with Crippen molar-refractivity contribution in [3.63, 3.8) is 0 Å². The predicted molar refractivity (Wildman–Crippen MR) is 107 cm³/mol. The molecule has 4 heterocycles. The van der Waals surface area contributed by atoms with Crippen LogP contribution < -0.4 is 5.32 Å². The normalized spacial score (nSPS) is 23.2. The molecule has 5 rings (SSSR count). The zero-order valence-corrected chi connectivity index (χ0v) is 15.7. The molecule has 4 nitrogen and oxygen atoms in total. The van der Waals surface area contributed by atoms with E-state index < -0.39 is 0 Å². The fourth-order valence-corrected chi connectivity index (χ4v) is 5.15. The number of benzene rings is 1. The number of rotatable bonds is 4. The molecule has 0 radical (unpaired) electrons. The number of likely N-dealkylation sites (tertiary alicyclic amines) is 1. The van der Waals surface area contributed by atoms with Crippen LogP contribution in [0.1, 0.15) is 18.4 Å². The van der Waals surface area contributed by atoms with Gasteiger partial charge in [-0.1, -0.05) is 24.3 Å². The molecule has 1 spiro atoms. The SMILES string of the molecule is c1ccc(-n2cc(CN3CCC4(CCNC4)C3)c(-c3cccs3)n2)cc1. The molecule has 2 aromatic heterocycles. The molecule has 1 aromatic carbocycles. The van der Waals surface area contributed by atoms with Crippen LogP contribution >= 0.6 is 11.3 Å². The largest absolute Gasteiger partial charge is 0.316 e. The molecular formula is C21H24N4S. The Balaban J connectivity index is 1.44. The highest BCUT2D eigenvalue weighted by atomic mass is 32.1. The van der Waals surface area contributed by atoms with Crippen LogP contribution in [0, 0.1) is 5.41 Å². The molecule has 2 saturated heterocycles. The molecule has 26 heavy (non-hydrogen) atoms. The van der Waals surface area contributed by atoms with Gasteiger partial charge in [-0.3, -0.25) is 4.90 Å². The number of aromatic nitrogens is 2. The van der Waals surface area contributed by atoms with E-state index in [-0.39, 0.29) is 0 Å². The van der Waals surface area contributed by atoms with Gasteiger partial charge in [0.2, 0.25) is 0 Å². The Bertz CT molecular complexity index is 863. The van der Waals surface area contributed by atoms with Gasteiger partial charge in [0.05, 0.1) is 10.6 Å². The maximum atomic E-state index is 4.94. The lowest BCUT2D eigenvalue weighted by Gasteiger charge is -2.22. The first-order valence-corrected chi connectivity index (χ1v) is 10.3. The van der Waals surface area contributed by atoms with E-state index >= 15 is 0 Å². The van der Waals surface area contributed by atoms with Gasteiger partial charge in [0, 0.05) is 31.4 Å². The topological polar surface area (TPSA) is 33.1 Å². The Hall–Kier alpha value is -1.95. The molecule has 2 aliphatic rings. The molecule has 2 fully saturated rings. The summed E-state index contributed by atoms with van der Waals surface area (Å²) in [6.07, 6.45) is 4.87. The molecule has 0 aliphatic carbocycles. The highest BCUT2D eigenvalue weighted by Crippen LogP contribution is 2.37. The first-order valence-electron chi connectivity index (χ1n) is 9.42. The minimum atomic E-state index is 0.512. The van der Waals surface area contributed by atoms with Crippen molar-refractivity contribution in [3.8, 4) is 16.3 Å². The first kappa shape index (κ1) is 16.2. The zero-order valence-electron chi connectivity index (χ0n) is 14.9. The molecule has 2 aliphatic heterocycles. The fraction of sp³-hybridized carbons (Fsp3) is 0.381. The highest BCUT2D eigenvalue weighted by Gasteiger charge is 2.40. The summed E-state index contributed by atoms with van der Waals surface area (Å²) in [6.45, 7) is 5.76. The Morgan fingerprint density at radius 3 is 2.81 bits per heavy atom. The Labute approximate surface area is 158 Å². The first-order chi connectivity index (χ1) is 12.8. The summed E-state index contributed by atoms with van der Waals surface area (Å²) in [5, 5.41) is 10.6. The van der Waals surface area contributed by atoms with Gasteiger partial charge in [0.1, 0.15) is 5.69 Å². The van der Waals surface area contributed by atoms with Crippen LogP contribution in [0.15, 0.2) is 54.0 Å². The van der Waals surface area contributed by atoms with Crippen molar-refractivity contribution >= 4 is 11.3 Å². The van der Waals surface area contributed by atoms with E-state index in [2.05, 4.69) is 58.2 Å². The second kappa shape index (κ2) is 6.65. The lowest BCUT2D eigenvalue weighted by molar-refractivity contribution is 0.269. The molecule has 1 atom stereocenters. The van der Waals surface area contributed by atoms with E-state index in [0.717, 1.165) is 17.9 Å². The van der Waals surface area contributed by atoms with Crippen molar-refractivity contribution in [2.24, 2.45) is 5.41 Å². The monoisotopic (exact) mass is 364 g/mol. The van der Waals surface area contributed by atoms with Crippen LogP contribution in [-0.4, -0.2) is 40.9 Å². The van der Waals surface area contributed by atoms with Gasteiger partial charge >= 0.3 is 0 Å². The van der Waals surface area contributed by atoms with Crippen LogP contribution in [-0.2, 0) is 6.54 Å². The lowest BCUT2D eigenvalue weighted by atomic mass is 9.86. The fourth-order valence-electron chi connectivity index (χ4n) is 4.41. The lowest BCUT2D eigenvalue weighted by Crippen LogP contribution is -2.28. The third-order valence-electron chi connectivity index (χ3n) is 5.81. The Morgan fingerprint density at radius 2 is 2.04 bits per heavy atom. The third kappa shape index (κ3) is 3.00. The number of para-hydroxylation sites is 1. The summed E-state index contributed by atoms with van der Waals surface area (Å²) in [4.78, 5) is 3.88. The second-order valence-corrected chi connectivity index (χ2v) is 8.60. The second-order valence-electron chi connectivity index (χ2n) is 7.65. The van der Waals surface area contributed by atoms with E-state index in [9.17, 15) is 0 Å². The van der Waals surface area contributed by atoms with Crippen molar-refractivity contribution in [2.75, 3.05) is 26.2 Å². The van der Waals surface area contributed by atoms with E-state index in [0.29, 0.717) is 5.41 Å². The third-order valence-corrected chi connectivity index (χ3v) is 6.69. The summed E-state index contributed by atoms with van der Waals surface area (Å²) in [5.41, 5.74) is 4.10. The van der Waals surface area contributed by atoms with Crippen LogP contribution in [0.2, 0.25) is 0 Å². The van der Waals surface area contributed by atoms with E-state index in [4.69, 9.17) is 5.10 Å². The van der Waals surface area contributed by atoms with Crippen LogP contribution in [0.4, 0.5) is 0 Å². The summed E-state index contributed by atoms with van der Waals surface area (Å²) in [6, 6.07) is 14.7. The molecule has 0 saturated carbocycles. The summed E-state index contributed by atoms with van der Waals surface area (Å²) >= 11 is 1.77. The number of hydrogen-bond donors (Lipinski definition) is 1. The molecule has 0 amide bonds. The number of thiophene rings is 1. The van der Waals surface area contributed by atoms with Gasteiger partial charge < -0.3 is 5.32 Å². The molecule has 1 N–H and O–H groups in total. The van der Waals surface area contributed by atoms with Crippen LogP contribution in [0.25, 0.3) is 16.3 Å². The van der Waals surface area contributed by atoms with Gasteiger partial charge in [-0.05, 0) is 54.9 Å². The quantitative estimate of drug-likeness (QED) is 0.765. The molecule has 134 valence electrons. The highest BCUT2D eigenvalue weighted by molar-refractivity contribution is 7.13. The van der Waals surface area contributed by atoms with Gasteiger partial charge in [0.25, 0.3) is 0 Å². The molecule has 1 unspecified atom stereocenters. The molecule has 0 bridgehead atoms. The standard InChI is InChI=1S/C21H24N4S/c1-2-5-18(6-3-1)25-14-17(20(23-25)19-7-4-12-26-19)13-24-11-9-21(16-24)8-10-22-15-21/h1-7,12,14,22H,8-11,13,15-16H2. The predicted octanol–water partition coefficient (Wildman–Crippen LogP) is 3.79. The summed E-state index contributed by atoms with van der Waals surface area (Å²) in [7, 11) is 0. The van der Waals surface area contributed by atoms with Gasteiger partial charge in [-0.25, -0.2) is 4.68 Å². The minimum Gasteiger partial charge on any atom is -0.316 e. The molecule has 3 aromatic rings. The maximum absolute atomic E-state index is 4.94. The Kier molecular flexibility index (Phi) is 4.15. The van der Waals surface area contributed by atoms with E-state index in [1.807, 2.05) is 10.7 Å². The number of nitrogens with zero attached hydrogens (tertiary/aromatic N) is 3. The summed E-state index contributed by atoms with van der Waals surface area (Å²) in [5.74, 6) is 0. The van der Waals surface area contributed by atoms with Crippen LogP contribution in [0.3, 0.4) is 0 Å². The van der Waals surface area contributed by atoms with Crippen molar-refractivity contribution < 1.29 is 0 Å². The Morgan fingerprint density at radius 1 is 1.12 bits per heavy atom. The van der Waals surface area contributed by atoms with Gasteiger partial charge in [-0.2, -0.15) is 5.10 Å². The zero-order chi connectivity index (χ0) is 17.4. The number of nitrogens with one attached hydrogen (secondary N) is 1. The van der Waals surface area contributed by atoms with Crippen molar-refractivity contribution in [1.29, 1.82) is 0 Å². The van der Waals surface area contributed by atoms with Gasteiger partial charge in [-0.15, -0.1) is 11.3 Å². The van der Waals surface area contributed by atoms with Gasteiger partial charge in [0.15, 0.2) is 0 Å². The number of hydrogen-bond acceptors (Lipinski definition) is 4. The van der Waals surface area contributed by atoms with E-state index in [1.165, 1.54) is 49.5 Å². The average molecular weight is 365 g/mol. The molecular weight excluding hydrogens is 340 g/mol. The maximum Gasteiger partial charge on any atom is 0.107 e. The average Bonchev–Trinajstić information content (AvgIpc) is 3.45. The molecule has 5 heteroatoms. The smallest absolute Gasteiger partial charge is 0.107 e. The van der Waals surface area contributed by atoms with Crippen molar-refractivity contribution in [1.82, 2.24) is 20.0 Å². The van der Waals surface area contributed by atoms with Crippen LogP contribution in [0.5, 0.6) is 0 Å².